The van der Waals surface area contributed by atoms with Crippen LogP contribution in [0.2, 0.25) is 0 Å². The molecule has 2 rings (SSSR count). The van der Waals surface area contributed by atoms with Crippen LogP contribution in [0.15, 0.2) is 57.9 Å². The lowest BCUT2D eigenvalue weighted by Gasteiger charge is -2.09. The van der Waals surface area contributed by atoms with Crippen LogP contribution in [0.5, 0.6) is 5.75 Å². The fourth-order valence-electron chi connectivity index (χ4n) is 1.94. The Morgan fingerprint density at radius 2 is 2.00 bits per heavy atom. The van der Waals surface area contributed by atoms with Gasteiger partial charge in [-0.1, -0.05) is 28.1 Å². The van der Waals surface area contributed by atoms with E-state index in [1.165, 1.54) is 31.4 Å². The van der Waals surface area contributed by atoms with Gasteiger partial charge in [0.1, 0.15) is 10.6 Å². The Balaban J connectivity index is 2.17. The molecular formula is C16H15BrN2O4S. The van der Waals surface area contributed by atoms with Gasteiger partial charge in [-0.25, -0.2) is 13.6 Å². The summed E-state index contributed by atoms with van der Waals surface area (Å²) in [5.41, 5.74) is 1.14. The van der Waals surface area contributed by atoms with E-state index in [1.54, 1.807) is 6.08 Å². The number of hydrogen-bond donors (Lipinski definition) is 2. The third kappa shape index (κ3) is 4.92. The first-order valence-electron chi connectivity index (χ1n) is 6.75. The first kappa shape index (κ1) is 18.2. The van der Waals surface area contributed by atoms with E-state index < -0.39 is 15.9 Å². The predicted molar refractivity (Wildman–Crippen MR) is 96.2 cm³/mol. The average molecular weight is 411 g/mol. The molecule has 0 bridgehead atoms. The second-order valence-electron chi connectivity index (χ2n) is 4.79. The lowest BCUT2D eigenvalue weighted by molar-refractivity contribution is -0.111. The van der Waals surface area contributed by atoms with Gasteiger partial charge in [-0.3, -0.25) is 4.79 Å². The van der Waals surface area contributed by atoms with Crippen LogP contribution in [-0.2, 0) is 14.8 Å². The zero-order valence-corrected chi connectivity index (χ0v) is 15.1. The Hall–Kier alpha value is -2.16. The molecule has 0 aromatic heterocycles. The van der Waals surface area contributed by atoms with Crippen molar-refractivity contribution in [2.75, 3.05) is 12.4 Å². The van der Waals surface area contributed by atoms with Crippen LogP contribution in [0, 0.1) is 0 Å². The third-order valence-electron chi connectivity index (χ3n) is 3.01. The van der Waals surface area contributed by atoms with Crippen molar-refractivity contribution in [2.24, 2.45) is 5.14 Å². The van der Waals surface area contributed by atoms with Gasteiger partial charge in [-0.2, -0.15) is 0 Å². The minimum Gasteiger partial charge on any atom is -0.495 e. The number of carbonyl (C=O) groups is 1. The molecule has 0 spiro atoms. The molecule has 0 saturated carbocycles. The summed E-state index contributed by atoms with van der Waals surface area (Å²) in [5, 5.41) is 7.72. The summed E-state index contributed by atoms with van der Waals surface area (Å²) >= 11 is 3.35. The molecule has 0 radical (unpaired) electrons. The van der Waals surface area contributed by atoms with Gasteiger partial charge in [0.2, 0.25) is 15.9 Å². The molecule has 126 valence electrons. The molecule has 0 unspecified atom stereocenters. The number of halogens is 1. The number of primary sulfonamides is 1. The molecule has 8 heteroatoms. The van der Waals surface area contributed by atoms with Gasteiger partial charge in [0, 0.05) is 16.2 Å². The van der Waals surface area contributed by atoms with Crippen LogP contribution < -0.4 is 15.2 Å². The van der Waals surface area contributed by atoms with Crippen molar-refractivity contribution in [1.29, 1.82) is 0 Å². The molecule has 0 aliphatic rings. The van der Waals surface area contributed by atoms with E-state index >= 15 is 0 Å². The number of ether oxygens (including phenoxy) is 1. The number of rotatable bonds is 5. The maximum absolute atomic E-state index is 12.0. The van der Waals surface area contributed by atoms with Crippen molar-refractivity contribution in [3.05, 3.63) is 58.6 Å². The quantitative estimate of drug-likeness (QED) is 0.740. The van der Waals surface area contributed by atoms with Gasteiger partial charge in [0.15, 0.2) is 0 Å². The van der Waals surface area contributed by atoms with E-state index in [0.29, 0.717) is 5.69 Å². The molecule has 2 aromatic carbocycles. The Bertz CT molecular complexity index is 895. The van der Waals surface area contributed by atoms with Crippen LogP contribution in [0.1, 0.15) is 5.56 Å². The Morgan fingerprint density at radius 1 is 1.25 bits per heavy atom. The van der Waals surface area contributed by atoms with Gasteiger partial charge in [0.25, 0.3) is 0 Å². The highest BCUT2D eigenvalue weighted by atomic mass is 79.9. The number of amides is 1. The maximum Gasteiger partial charge on any atom is 0.248 e. The van der Waals surface area contributed by atoms with Gasteiger partial charge in [0.05, 0.1) is 7.11 Å². The number of sulfonamides is 1. The fourth-order valence-corrected chi connectivity index (χ4v) is 3.08. The zero-order valence-electron chi connectivity index (χ0n) is 12.7. The maximum atomic E-state index is 12.0. The van der Waals surface area contributed by atoms with Crippen LogP contribution in [0.4, 0.5) is 5.69 Å². The molecule has 0 atom stereocenters. The summed E-state index contributed by atoms with van der Waals surface area (Å²) in [6, 6.07) is 11.6. The second kappa shape index (κ2) is 7.61. The lowest BCUT2D eigenvalue weighted by Crippen LogP contribution is -2.15. The molecule has 0 heterocycles. The number of nitrogens with two attached hydrogens (primary N) is 1. The summed E-state index contributed by atoms with van der Waals surface area (Å²) in [6.45, 7) is 0. The zero-order chi connectivity index (χ0) is 17.7. The predicted octanol–water partition coefficient (Wildman–Crippen LogP) is 2.76. The van der Waals surface area contributed by atoms with Crippen molar-refractivity contribution < 1.29 is 17.9 Å². The lowest BCUT2D eigenvalue weighted by atomic mass is 10.2. The van der Waals surface area contributed by atoms with Crippen LogP contribution in [0.25, 0.3) is 6.08 Å². The highest BCUT2D eigenvalue weighted by Crippen LogP contribution is 2.26. The van der Waals surface area contributed by atoms with Crippen molar-refractivity contribution >= 4 is 43.6 Å². The van der Waals surface area contributed by atoms with Gasteiger partial charge in [-0.05, 0) is 42.0 Å². The monoisotopic (exact) mass is 410 g/mol. The summed E-state index contributed by atoms with van der Waals surface area (Å²) in [7, 11) is -2.63. The molecule has 0 fully saturated rings. The standard InChI is InChI=1S/C16H15BrN2O4S/c1-23-14-7-6-13(10-15(14)24(18,21)22)19-16(20)8-5-11-3-2-4-12(17)9-11/h2-10H,1H3,(H,19,20)(H2,18,21,22)/b8-5+. The molecule has 24 heavy (non-hydrogen) atoms. The number of hydrogen-bond acceptors (Lipinski definition) is 4. The highest BCUT2D eigenvalue weighted by molar-refractivity contribution is 9.10. The van der Waals surface area contributed by atoms with E-state index in [0.717, 1.165) is 10.0 Å². The molecule has 3 N–H and O–H groups in total. The molecule has 2 aromatic rings. The largest absolute Gasteiger partial charge is 0.495 e. The average Bonchev–Trinajstić information content (AvgIpc) is 2.52. The second-order valence-corrected chi connectivity index (χ2v) is 7.23. The van der Waals surface area contributed by atoms with E-state index in [9.17, 15) is 13.2 Å². The highest BCUT2D eigenvalue weighted by Gasteiger charge is 2.16. The summed E-state index contributed by atoms with van der Waals surface area (Å²) in [4.78, 5) is 11.8. The fraction of sp³-hybridized carbons (Fsp3) is 0.0625. The molecule has 6 nitrogen and oxygen atoms in total. The van der Waals surface area contributed by atoms with Crippen molar-refractivity contribution in [3.8, 4) is 5.75 Å². The number of benzene rings is 2. The SMILES string of the molecule is COc1ccc(NC(=O)/C=C/c2cccc(Br)c2)cc1S(N)(=O)=O. The molecule has 0 aliphatic carbocycles. The van der Waals surface area contributed by atoms with E-state index in [2.05, 4.69) is 21.2 Å². The summed E-state index contributed by atoms with van der Waals surface area (Å²) in [6.07, 6.45) is 2.99. The number of methoxy groups -OCH3 is 1. The Labute approximate surface area is 148 Å². The first-order chi connectivity index (χ1) is 11.3. The molecular weight excluding hydrogens is 396 g/mol. The number of carbonyl (C=O) groups excluding carboxylic acids is 1. The van der Waals surface area contributed by atoms with Gasteiger partial charge in [-0.15, -0.1) is 0 Å². The Kier molecular flexibility index (Phi) is 5.76. The normalized spacial score (nSPS) is 11.5. The molecule has 0 aliphatic heterocycles. The summed E-state index contributed by atoms with van der Waals surface area (Å²) < 4.78 is 29.0. The van der Waals surface area contributed by atoms with E-state index in [4.69, 9.17) is 9.88 Å². The number of nitrogens with one attached hydrogen (secondary N) is 1. The minimum absolute atomic E-state index is 0.111. The molecule has 1 amide bonds. The van der Waals surface area contributed by atoms with Crippen LogP contribution >= 0.6 is 15.9 Å². The minimum atomic E-state index is -3.96. The van der Waals surface area contributed by atoms with Crippen LogP contribution in [0.3, 0.4) is 0 Å². The van der Waals surface area contributed by atoms with Crippen molar-refractivity contribution in [1.82, 2.24) is 0 Å². The topological polar surface area (TPSA) is 98.5 Å². The van der Waals surface area contributed by atoms with Gasteiger partial charge < -0.3 is 10.1 Å². The van der Waals surface area contributed by atoms with Crippen molar-refractivity contribution in [3.63, 3.8) is 0 Å². The smallest absolute Gasteiger partial charge is 0.248 e. The number of anilines is 1. The van der Waals surface area contributed by atoms with E-state index in [-0.39, 0.29) is 10.6 Å². The van der Waals surface area contributed by atoms with Crippen LogP contribution in [-0.4, -0.2) is 21.4 Å². The van der Waals surface area contributed by atoms with Gasteiger partial charge >= 0.3 is 0 Å². The third-order valence-corrected chi connectivity index (χ3v) is 4.44. The van der Waals surface area contributed by atoms with E-state index in [1.807, 2.05) is 24.3 Å². The summed E-state index contributed by atoms with van der Waals surface area (Å²) in [5.74, 6) is -0.291. The Morgan fingerprint density at radius 3 is 2.62 bits per heavy atom. The molecule has 0 saturated heterocycles. The van der Waals surface area contributed by atoms with Crippen molar-refractivity contribution in [2.45, 2.75) is 4.90 Å². The first-order valence-corrected chi connectivity index (χ1v) is 9.09.